The molecule has 88 valence electrons. The summed E-state index contributed by atoms with van der Waals surface area (Å²) in [5, 5.41) is 5.28. The Balaban J connectivity index is 2.36. The Labute approximate surface area is 107 Å². The van der Waals surface area contributed by atoms with Crippen LogP contribution >= 0.6 is 15.9 Å². The SMILES string of the molecule is CCNc1nccc2c(Br)cc3c(c12)OCO3. The first-order valence-electron chi connectivity index (χ1n) is 5.42. The molecule has 1 aliphatic rings. The second-order valence-electron chi connectivity index (χ2n) is 3.70. The largest absolute Gasteiger partial charge is 0.454 e. The number of rotatable bonds is 2. The van der Waals surface area contributed by atoms with E-state index in [0.717, 1.165) is 39.1 Å². The van der Waals surface area contributed by atoms with Crippen LogP contribution in [0.4, 0.5) is 5.82 Å². The fourth-order valence-electron chi connectivity index (χ4n) is 1.98. The molecule has 1 aromatic carbocycles. The van der Waals surface area contributed by atoms with Gasteiger partial charge in [0.2, 0.25) is 6.79 Å². The lowest BCUT2D eigenvalue weighted by Gasteiger charge is -2.10. The number of hydrogen-bond acceptors (Lipinski definition) is 4. The van der Waals surface area contributed by atoms with Gasteiger partial charge < -0.3 is 14.8 Å². The van der Waals surface area contributed by atoms with Gasteiger partial charge in [0.1, 0.15) is 5.82 Å². The highest BCUT2D eigenvalue weighted by Gasteiger charge is 2.21. The molecular formula is C12H11BrN2O2. The average Bonchev–Trinajstić information content (AvgIpc) is 2.78. The highest BCUT2D eigenvalue weighted by molar-refractivity contribution is 9.10. The van der Waals surface area contributed by atoms with Gasteiger partial charge in [0.05, 0.1) is 5.39 Å². The third-order valence-electron chi connectivity index (χ3n) is 2.68. The maximum absolute atomic E-state index is 5.53. The molecule has 5 heteroatoms. The van der Waals surface area contributed by atoms with E-state index in [0.29, 0.717) is 0 Å². The lowest BCUT2D eigenvalue weighted by Crippen LogP contribution is -2.00. The van der Waals surface area contributed by atoms with Crippen LogP contribution in [0.15, 0.2) is 22.8 Å². The van der Waals surface area contributed by atoms with Crippen molar-refractivity contribution in [1.29, 1.82) is 0 Å². The maximum Gasteiger partial charge on any atom is 0.231 e. The van der Waals surface area contributed by atoms with Crippen LogP contribution in [-0.2, 0) is 0 Å². The summed E-state index contributed by atoms with van der Waals surface area (Å²) in [7, 11) is 0. The Hall–Kier alpha value is -1.49. The first kappa shape index (κ1) is 10.7. The van der Waals surface area contributed by atoms with E-state index >= 15 is 0 Å². The molecule has 4 nitrogen and oxygen atoms in total. The van der Waals surface area contributed by atoms with Gasteiger partial charge in [-0.15, -0.1) is 0 Å². The number of nitrogens with zero attached hydrogens (tertiary/aromatic N) is 1. The average molecular weight is 295 g/mol. The van der Waals surface area contributed by atoms with Crippen LogP contribution in [0.1, 0.15) is 6.92 Å². The zero-order valence-electron chi connectivity index (χ0n) is 9.29. The third-order valence-corrected chi connectivity index (χ3v) is 3.33. The molecule has 1 aliphatic heterocycles. The Morgan fingerprint density at radius 1 is 1.47 bits per heavy atom. The summed E-state index contributed by atoms with van der Waals surface area (Å²) < 4.78 is 11.9. The zero-order valence-corrected chi connectivity index (χ0v) is 10.9. The van der Waals surface area contributed by atoms with Crippen molar-refractivity contribution >= 4 is 32.5 Å². The van der Waals surface area contributed by atoms with Gasteiger partial charge in [-0.2, -0.15) is 0 Å². The number of hydrogen-bond donors (Lipinski definition) is 1. The van der Waals surface area contributed by atoms with E-state index < -0.39 is 0 Å². The van der Waals surface area contributed by atoms with Crippen molar-refractivity contribution in [2.24, 2.45) is 0 Å². The first-order chi connectivity index (χ1) is 8.31. The monoisotopic (exact) mass is 294 g/mol. The summed E-state index contributed by atoms with van der Waals surface area (Å²) in [5.74, 6) is 2.36. The highest BCUT2D eigenvalue weighted by atomic mass is 79.9. The van der Waals surface area contributed by atoms with Crippen LogP contribution in [0.2, 0.25) is 0 Å². The zero-order chi connectivity index (χ0) is 11.8. The van der Waals surface area contributed by atoms with Gasteiger partial charge in [0, 0.05) is 22.6 Å². The number of halogens is 1. The van der Waals surface area contributed by atoms with Crippen molar-refractivity contribution in [3.8, 4) is 11.5 Å². The standard InChI is InChI=1S/C12H11BrN2O2/c1-2-14-12-10-7(3-4-15-12)8(13)5-9-11(10)17-6-16-9/h3-5H,2,6H2,1H3,(H,14,15). The smallest absolute Gasteiger partial charge is 0.231 e. The molecule has 0 amide bonds. The molecule has 0 saturated carbocycles. The number of pyridine rings is 1. The number of anilines is 1. The van der Waals surface area contributed by atoms with E-state index in [1.54, 1.807) is 6.20 Å². The number of benzene rings is 1. The van der Waals surface area contributed by atoms with Gasteiger partial charge >= 0.3 is 0 Å². The number of nitrogens with one attached hydrogen (secondary N) is 1. The summed E-state index contributed by atoms with van der Waals surface area (Å²) in [6.07, 6.45) is 1.79. The normalized spacial score (nSPS) is 13.1. The molecular weight excluding hydrogens is 284 g/mol. The van der Waals surface area contributed by atoms with E-state index in [4.69, 9.17) is 9.47 Å². The van der Waals surface area contributed by atoms with Crippen LogP contribution in [0.5, 0.6) is 11.5 Å². The molecule has 0 aliphatic carbocycles. The van der Waals surface area contributed by atoms with E-state index in [1.807, 2.05) is 19.1 Å². The van der Waals surface area contributed by atoms with Gasteiger partial charge in [0.15, 0.2) is 11.5 Å². The summed E-state index contributed by atoms with van der Waals surface area (Å²) >= 11 is 3.54. The Morgan fingerprint density at radius 3 is 3.18 bits per heavy atom. The lowest BCUT2D eigenvalue weighted by molar-refractivity contribution is 0.175. The van der Waals surface area contributed by atoms with E-state index in [1.165, 1.54) is 0 Å². The van der Waals surface area contributed by atoms with Crippen LogP contribution in [0.3, 0.4) is 0 Å². The molecule has 2 aromatic rings. The van der Waals surface area contributed by atoms with Crippen molar-refractivity contribution in [3.05, 3.63) is 22.8 Å². The minimum absolute atomic E-state index is 0.265. The summed E-state index contributed by atoms with van der Waals surface area (Å²) in [4.78, 5) is 4.35. The minimum atomic E-state index is 0.265. The van der Waals surface area contributed by atoms with Crippen molar-refractivity contribution in [2.45, 2.75) is 6.92 Å². The number of fused-ring (bicyclic) bond motifs is 3. The summed E-state index contributed by atoms with van der Waals surface area (Å²) in [6, 6.07) is 3.89. The van der Waals surface area contributed by atoms with Crippen LogP contribution < -0.4 is 14.8 Å². The molecule has 1 aromatic heterocycles. The summed E-state index contributed by atoms with van der Waals surface area (Å²) in [5.41, 5.74) is 0. The van der Waals surface area contributed by atoms with Gasteiger partial charge in [-0.3, -0.25) is 0 Å². The van der Waals surface area contributed by atoms with Gasteiger partial charge in [0.25, 0.3) is 0 Å². The van der Waals surface area contributed by atoms with E-state index in [9.17, 15) is 0 Å². The Morgan fingerprint density at radius 2 is 2.35 bits per heavy atom. The predicted molar refractivity (Wildman–Crippen MR) is 69.7 cm³/mol. The number of aromatic nitrogens is 1. The molecule has 2 heterocycles. The van der Waals surface area contributed by atoms with Crippen molar-refractivity contribution < 1.29 is 9.47 Å². The Bertz CT molecular complexity index is 586. The van der Waals surface area contributed by atoms with E-state index in [-0.39, 0.29) is 6.79 Å². The van der Waals surface area contributed by atoms with Gasteiger partial charge in [-0.25, -0.2) is 4.98 Å². The molecule has 3 rings (SSSR count). The molecule has 17 heavy (non-hydrogen) atoms. The van der Waals surface area contributed by atoms with Crippen molar-refractivity contribution in [3.63, 3.8) is 0 Å². The topological polar surface area (TPSA) is 43.4 Å². The quantitative estimate of drug-likeness (QED) is 0.924. The molecule has 0 radical (unpaired) electrons. The lowest BCUT2D eigenvalue weighted by atomic mass is 10.1. The van der Waals surface area contributed by atoms with Gasteiger partial charge in [-0.05, 0) is 19.1 Å². The van der Waals surface area contributed by atoms with E-state index in [2.05, 4.69) is 26.2 Å². The molecule has 0 unspecified atom stereocenters. The Kier molecular flexibility index (Phi) is 2.55. The van der Waals surface area contributed by atoms with Crippen LogP contribution in [-0.4, -0.2) is 18.3 Å². The van der Waals surface area contributed by atoms with Gasteiger partial charge in [-0.1, -0.05) is 15.9 Å². The molecule has 0 spiro atoms. The molecule has 1 N–H and O–H groups in total. The molecule has 0 bridgehead atoms. The highest BCUT2D eigenvalue weighted by Crippen LogP contribution is 2.45. The molecule has 0 saturated heterocycles. The second-order valence-corrected chi connectivity index (χ2v) is 4.56. The first-order valence-corrected chi connectivity index (χ1v) is 6.21. The molecule has 0 fully saturated rings. The third kappa shape index (κ3) is 1.61. The van der Waals surface area contributed by atoms with Crippen molar-refractivity contribution in [1.82, 2.24) is 4.98 Å². The summed E-state index contributed by atoms with van der Waals surface area (Å²) in [6.45, 7) is 3.12. The molecule has 0 atom stereocenters. The second kappa shape index (κ2) is 4.07. The van der Waals surface area contributed by atoms with Crippen molar-refractivity contribution in [2.75, 3.05) is 18.7 Å². The van der Waals surface area contributed by atoms with Crippen LogP contribution in [0.25, 0.3) is 10.8 Å². The number of ether oxygens (including phenoxy) is 2. The fraction of sp³-hybridized carbons (Fsp3) is 0.250. The van der Waals surface area contributed by atoms with Crippen LogP contribution in [0, 0.1) is 0 Å². The minimum Gasteiger partial charge on any atom is -0.454 e. The predicted octanol–water partition coefficient (Wildman–Crippen LogP) is 3.16. The fourth-order valence-corrected chi connectivity index (χ4v) is 2.51. The maximum atomic E-state index is 5.53.